The number of nitrogens with one attached hydrogen (secondary N) is 1. The van der Waals surface area contributed by atoms with Gasteiger partial charge >= 0.3 is 0 Å². The summed E-state index contributed by atoms with van der Waals surface area (Å²) in [7, 11) is 0. The van der Waals surface area contributed by atoms with E-state index in [1.807, 2.05) is 12.1 Å². The summed E-state index contributed by atoms with van der Waals surface area (Å²) in [5.74, 6) is 0. The van der Waals surface area contributed by atoms with Gasteiger partial charge in [0.1, 0.15) is 0 Å². The molecule has 0 radical (unpaired) electrons. The fourth-order valence-corrected chi connectivity index (χ4v) is 3.66. The van der Waals surface area contributed by atoms with Crippen molar-refractivity contribution in [1.82, 2.24) is 5.32 Å². The molecule has 19 heavy (non-hydrogen) atoms. The van der Waals surface area contributed by atoms with Crippen LogP contribution >= 0.6 is 0 Å². The fraction of sp³-hybridized carbons (Fsp3) is 0.562. The van der Waals surface area contributed by atoms with E-state index in [-0.39, 0.29) is 0 Å². The Morgan fingerprint density at radius 3 is 2.42 bits per heavy atom. The molecule has 2 N–H and O–H groups in total. The van der Waals surface area contributed by atoms with Crippen molar-refractivity contribution in [2.75, 3.05) is 13.1 Å². The van der Waals surface area contributed by atoms with Crippen LogP contribution in [0.3, 0.4) is 0 Å². The molecular formula is C16H20N2O. The van der Waals surface area contributed by atoms with Gasteiger partial charge in [-0.25, -0.2) is 0 Å². The van der Waals surface area contributed by atoms with E-state index in [9.17, 15) is 10.4 Å². The fourth-order valence-electron chi connectivity index (χ4n) is 3.66. The zero-order chi connectivity index (χ0) is 13.3. The molecule has 1 aliphatic heterocycles. The minimum absolute atomic E-state index is 0.636. The Morgan fingerprint density at radius 1 is 1.11 bits per heavy atom. The molecule has 3 nitrogen and oxygen atoms in total. The molecule has 100 valence electrons. The standard InChI is InChI=1S/C16H20N2O/c17-12-15(16(19)6-3-8-18-9-7-16)10-13-4-1-2-5-14(13)11-15/h1-2,4-5,18-19H,3,6-11H2. The van der Waals surface area contributed by atoms with E-state index < -0.39 is 11.0 Å². The second-order valence-corrected chi connectivity index (χ2v) is 5.95. The van der Waals surface area contributed by atoms with Gasteiger partial charge in [-0.05, 0) is 56.3 Å². The molecule has 0 bridgehead atoms. The van der Waals surface area contributed by atoms with Crippen LogP contribution in [0, 0.1) is 16.7 Å². The number of fused-ring (bicyclic) bond motifs is 1. The third-order valence-corrected chi connectivity index (χ3v) is 4.87. The third-order valence-electron chi connectivity index (χ3n) is 4.87. The monoisotopic (exact) mass is 256 g/mol. The van der Waals surface area contributed by atoms with Gasteiger partial charge in [0.2, 0.25) is 0 Å². The van der Waals surface area contributed by atoms with Crippen LogP contribution in [0.2, 0.25) is 0 Å². The minimum Gasteiger partial charge on any atom is -0.388 e. The lowest BCUT2D eigenvalue weighted by Gasteiger charge is -2.39. The van der Waals surface area contributed by atoms with Gasteiger partial charge in [0.25, 0.3) is 0 Å². The van der Waals surface area contributed by atoms with Crippen LogP contribution in [0.25, 0.3) is 0 Å². The van der Waals surface area contributed by atoms with Crippen LogP contribution in [0.4, 0.5) is 0 Å². The first-order chi connectivity index (χ1) is 9.19. The first-order valence-corrected chi connectivity index (χ1v) is 7.10. The first kappa shape index (κ1) is 12.7. The number of rotatable bonds is 1. The highest BCUT2D eigenvalue weighted by Crippen LogP contribution is 2.48. The van der Waals surface area contributed by atoms with Crippen molar-refractivity contribution in [2.24, 2.45) is 5.41 Å². The van der Waals surface area contributed by atoms with Gasteiger partial charge in [0.15, 0.2) is 0 Å². The second kappa shape index (κ2) is 4.63. The molecule has 1 atom stereocenters. The van der Waals surface area contributed by atoms with E-state index >= 15 is 0 Å². The Balaban J connectivity index is 1.96. The summed E-state index contributed by atoms with van der Waals surface area (Å²) < 4.78 is 0. The lowest BCUT2D eigenvalue weighted by atomic mass is 9.67. The van der Waals surface area contributed by atoms with Crippen LogP contribution < -0.4 is 5.32 Å². The largest absolute Gasteiger partial charge is 0.388 e. The molecule has 1 heterocycles. The number of hydrogen-bond acceptors (Lipinski definition) is 3. The van der Waals surface area contributed by atoms with E-state index in [0.717, 1.165) is 25.9 Å². The Labute approximate surface area is 114 Å². The quantitative estimate of drug-likeness (QED) is 0.805. The third kappa shape index (κ3) is 1.96. The number of nitriles is 1. The molecule has 1 saturated heterocycles. The van der Waals surface area contributed by atoms with Crippen LogP contribution in [0.1, 0.15) is 30.4 Å². The van der Waals surface area contributed by atoms with Crippen LogP contribution in [0.15, 0.2) is 24.3 Å². The van der Waals surface area contributed by atoms with Crippen molar-refractivity contribution in [3.8, 4) is 6.07 Å². The van der Waals surface area contributed by atoms with Crippen molar-refractivity contribution in [3.63, 3.8) is 0 Å². The molecule has 1 aromatic carbocycles. The van der Waals surface area contributed by atoms with E-state index in [2.05, 4.69) is 23.5 Å². The smallest absolute Gasteiger partial charge is 0.0940 e. The van der Waals surface area contributed by atoms with Gasteiger partial charge in [0, 0.05) is 0 Å². The molecule has 0 aromatic heterocycles. The van der Waals surface area contributed by atoms with Gasteiger partial charge < -0.3 is 10.4 Å². The Morgan fingerprint density at radius 2 is 1.79 bits per heavy atom. The van der Waals surface area contributed by atoms with Crippen LogP contribution in [-0.2, 0) is 12.8 Å². The number of benzene rings is 1. The Bertz CT molecular complexity index is 485. The summed E-state index contributed by atoms with van der Waals surface area (Å²) in [6.45, 7) is 1.74. The van der Waals surface area contributed by atoms with Crippen molar-refractivity contribution in [2.45, 2.75) is 37.7 Å². The maximum absolute atomic E-state index is 11.1. The van der Waals surface area contributed by atoms with Crippen molar-refractivity contribution >= 4 is 0 Å². The summed E-state index contributed by atoms with van der Waals surface area (Å²) in [5, 5.41) is 24.2. The summed E-state index contributed by atoms with van der Waals surface area (Å²) >= 11 is 0. The highest BCUT2D eigenvalue weighted by molar-refractivity contribution is 5.39. The SMILES string of the molecule is N#CC1(C2(O)CCCNCC2)Cc2ccccc2C1. The molecule has 3 rings (SSSR count). The Hall–Kier alpha value is -1.37. The zero-order valence-corrected chi connectivity index (χ0v) is 11.2. The number of nitrogens with zero attached hydrogens (tertiary/aromatic N) is 1. The average Bonchev–Trinajstić information content (AvgIpc) is 2.69. The first-order valence-electron chi connectivity index (χ1n) is 7.10. The lowest BCUT2D eigenvalue weighted by molar-refractivity contribution is -0.0608. The predicted octanol–water partition coefficient (Wildman–Crippen LogP) is 1.80. The molecule has 0 spiro atoms. The summed E-state index contributed by atoms with van der Waals surface area (Å²) in [6, 6.07) is 10.7. The van der Waals surface area contributed by atoms with Crippen LogP contribution in [-0.4, -0.2) is 23.8 Å². The van der Waals surface area contributed by atoms with Gasteiger partial charge in [-0.1, -0.05) is 24.3 Å². The maximum atomic E-state index is 11.1. The molecule has 0 saturated carbocycles. The molecule has 1 unspecified atom stereocenters. The zero-order valence-electron chi connectivity index (χ0n) is 11.2. The highest BCUT2D eigenvalue weighted by Gasteiger charge is 2.53. The predicted molar refractivity (Wildman–Crippen MR) is 73.6 cm³/mol. The number of hydrogen-bond donors (Lipinski definition) is 2. The summed E-state index contributed by atoms with van der Waals surface area (Å²) in [6.07, 6.45) is 3.72. The van der Waals surface area contributed by atoms with Crippen molar-refractivity contribution in [3.05, 3.63) is 35.4 Å². The topological polar surface area (TPSA) is 56.0 Å². The normalized spacial score (nSPS) is 29.3. The van der Waals surface area contributed by atoms with Gasteiger partial charge in [0.05, 0.1) is 17.1 Å². The number of aliphatic hydroxyl groups is 1. The molecular weight excluding hydrogens is 236 g/mol. The molecule has 2 aliphatic rings. The molecule has 0 amide bonds. The Kier molecular flexibility index (Phi) is 3.08. The summed E-state index contributed by atoms with van der Waals surface area (Å²) in [5.41, 5.74) is 0.969. The minimum atomic E-state index is -0.857. The van der Waals surface area contributed by atoms with Gasteiger partial charge in [-0.2, -0.15) is 5.26 Å². The highest BCUT2D eigenvalue weighted by atomic mass is 16.3. The lowest BCUT2D eigenvalue weighted by Crippen LogP contribution is -2.49. The van der Waals surface area contributed by atoms with Gasteiger partial charge in [-0.15, -0.1) is 0 Å². The summed E-state index contributed by atoms with van der Waals surface area (Å²) in [4.78, 5) is 0. The average molecular weight is 256 g/mol. The van der Waals surface area contributed by atoms with E-state index in [4.69, 9.17) is 0 Å². The van der Waals surface area contributed by atoms with E-state index in [1.54, 1.807) is 0 Å². The molecule has 1 fully saturated rings. The molecule has 3 heteroatoms. The van der Waals surface area contributed by atoms with Gasteiger partial charge in [-0.3, -0.25) is 0 Å². The van der Waals surface area contributed by atoms with Crippen molar-refractivity contribution < 1.29 is 5.11 Å². The van der Waals surface area contributed by atoms with Crippen molar-refractivity contribution in [1.29, 1.82) is 5.26 Å². The van der Waals surface area contributed by atoms with E-state index in [1.165, 1.54) is 11.1 Å². The molecule has 1 aromatic rings. The maximum Gasteiger partial charge on any atom is 0.0940 e. The molecule has 1 aliphatic carbocycles. The van der Waals surface area contributed by atoms with Crippen LogP contribution in [0.5, 0.6) is 0 Å². The van der Waals surface area contributed by atoms with E-state index in [0.29, 0.717) is 19.3 Å². The second-order valence-electron chi connectivity index (χ2n) is 5.95.